The Morgan fingerprint density at radius 3 is 2.52 bits per heavy atom. The van der Waals surface area contributed by atoms with E-state index in [4.69, 9.17) is 11.6 Å². The van der Waals surface area contributed by atoms with Crippen molar-refractivity contribution in [2.45, 2.75) is 6.18 Å². The molecule has 0 saturated carbocycles. The van der Waals surface area contributed by atoms with Crippen molar-refractivity contribution in [2.75, 3.05) is 17.2 Å². The fourth-order valence-electron chi connectivity index (χ4n) is 1.79. The Balaban J connectivity index is 1.97. The van der Waals surface area contributed by atoms with Crippen LogP contribution in [0, 0.1) is 5.82 Å². The van der Waals surface area contributed by atoms with Crippen LogP contribution in [-0.4, -0.2) is 12.5 Å². The molecule has 0 heterocycles. The highest BCUT2D eigenvalue weighted by atomic mass is 35.5. The van der Waals surface area contributed by atoms with Gasteiger partial charge in [0, 0.05) is 5.69 Å². The number of benzene rings is 2. The molecule has 0 bridgehead atoms. The van der Waals surface area contributed by atoms with E-state index in [1.54, 1.807) is 0 Å². The topological polar surface area (TPSA) is 41.1 Å². The molecule has 1 amide bonds. The summed E-state index contributed by atoms with van der Waals surface area (Å²) >= 11 is 5.78. The van der Waals surface area contributed by atoms with E-state index in [-0.39, 0.29) is 17.3 Å². The minimum atomic E-state index is -4.49. The van der Waals surface area contributed by atoms with Gasteiger partial charge in [-0.3, -0.25) is 4.79 Å². The van der Waals surface area contributed by atoms with Gasteiger partial charge in [0.2, 0.25) is 5.91 Å². The molecule has 2 N–H and O–H groups in total. The van der Waals surface area contributed by atoms with Crippen LogP contribution in [0.3, 0.4) is 0 Å². The third-order valence-electron chi connectivity index (χ3n) is 2.84. The fourth-order valence-corrected chi connectivity index (χ4v) is 2.02. The van der Waals surface area contributed by atoms with E-state index in [2.05, 4.69) is 10.6 Å². The lowest BCUT2D eigenvalue weighted by Crippen LogP contribution is -2.22. The molecule has 8 heteroatoms. The fraction of sp³-hybridized carbons (Fsp3) is 0.133. The minimum absolute atomic E-state index is 0.0248. The number of nitrogens with one attached hydrogen (secondary N) is 2. The zero-order valence-electron chi connectivity index (χ0n) is 11.5. The van der Waals surface area contributed by atoms with Gasteiger partial charge in [0.25, 0.3) is 0 Å². The van der Waals surface area contributed by atoms with Gasteiger partial charge < -0.3 is 10.6 Å². The molecule has 0 aliphatic heterocycles. The number of anilines is 2. The van der Waals surface area contributed by atoms with E-state index in [9.17, 15) is 22.4 Å². The molecule has 23 heavy (non-hydrogen) atoms. The molecule has 0 aliphatic carbocycles. The molecule has 122 valence electrons. The number of hydrogen-bond donors (Lipinski definition) is 2. The maximum absolute atomic E-state index is 12.9. The quantitative estimate of drug-likeness (QED) is 0.797. The molecule has 2 rings (SSSR count). The first-order valence-corrected chi connectivity index (χ1v) is 6.79. The molecule has 0 atom stereocenters. The second kappa shape index (κ2) is 6.87. The predicted molar refractivity (Wildman–Crippen MR) is 80.0 cm³/mol. The summed E-state index contributed by atoms with van der Waals surface area (Å²) in [5.74, 6) is -1.08. The standard InChI is InChI=1S/C15H11ClF4N2O/c16-12-7-10(17)4-5-13(12)21-8-14(23)22-11-3-1-2-9(6-11)15(18,19)20/h1-7,21H,8H2,(H,22,23). The second-order valence-electron chi connectivity index (χ2n) is 4.60. The smallest absolute Gasteiger partial charge is 0.375 e. The van der Waals surface area contributed by atoms with Crippen LogP contribution in [0.25, 0.3) is 0 Å². The SMILES string of the molecule is O=C(CNc1ccc(F)cc1Cl)Nc1cccc(C(F)(F)F)c1. The molecule has 3 nitrogen and oxygen atoms in total. The summed E-state index contributed by atoms with van der Waals surface area (Å²) in [7, 11) is 0. The number of rotatable bonds is 4. The zero-order valence-corrected chi connectivity index (χ0v) is 12.3. The van der Waals surface area contributed by atoms with Gasteiger partial charge in [-0.2, -0.15) is 13.2 Å². The van der Waals surface area contributed by atoms with E-state index in [0.29, 0.717) is 5.69 Å². The highest BCUT2D eigenvalue weighted by Gasteiger charge is 2.30. The summed E-state index contributed by atoms with van der Waals surface area (Å²) in [4.78, 5) is 11.8. The lowest BCUT2D eigenvalue weighted by atomic mass is 10.2. The number of alkyl halides is 3. The lowest BCUT2D eigenvalue weighted by molar-refractivity contribution is -0.137. The Kier molecular flexibility index (Phi) is 5.10. The highest BCUT2D eigenvalue weighted by Crippen LogP contribution is 2.30. The largest absolute Gasteiger partial charge is 0.416 e. The number of amides is 1. The summed E-state index contributed by atoms with van der Waals surface area (Å²) < 4.78 is 50.6. The highest BCUT2D eigenvalue weighted by molar-refractivity contribution is 6.33. The molecule has 2 aromatic carbocycles. The van der Waals surface area contributed by atoms with Gasteiger partial charge in [0.15, 0.2) is 0 Å². The van der Waals surface area contributed by atoms with Gasteiger partial charge in [-0.1, -0.05) is 17.7 Å². The third kappa shape index (κ3) is 4.85. The monoisotopic (exact) mass is 346 g/mol. The Labute approximate surface area is 134 Å². The first-order valence-electron chi connectivity index (χ1n) is 6.42. The van der Waals surface area contributed by atoms with Crippen molar-refractivity contribution in [2.24, 2.45) is 0 Å². The summed E-state index contributed by atoms with van der Waals surface area (Å²) in [5.41, 5.74) is -0.492. The first-order chi connectivity index (χ1) is 10.8. The van der Waals surface area contributed by atoms with Crippen molar-refractivity contribution < 1.29 is 22.4 Å². The van der Waals surface area contributed by atoms with Crippen LogP contribution < -0.4 is 10.6 Å². The average Bonchev–Trinajstić information content (AvgIpc) is 2.45. The second-order valence-corrected chi connectivity index (χ2v) is 5.01. The van der Waals surface area contributed by atoms with Crippen LogP contribution in [0.5, 0.6) is 0 Å². The van der Waals surface area contributed by atoms with Gasteiger partial charge in [-0.25, -0.2) is 4.39 Å². The number of carbonyl (C=O) groups excluding carboxylic acids is 1. The maximum Gasteiger partial charge on any atom is 0.416 e. The predicted octanol–water partition coefficient (Wildman–Crippen LogP) is 4.55. The van der Waals surface area contributed by atoms with Gasteiger partial charge in [-0.05, 0) is 36.4 Å². The van der Waals surface area contributed by atoms with Crippen LogP contribution in [0.1, 0.15) is 5.56 Å². The van der Waals surface area contributed by atoms with Crippen LogP contribution in [0.4, 0.5) is 28.9 Å². The number of carbonyl (C=O) groups is 1. The molecule has 0 fully saturated rings. The van der Waals surface area contributed by atoms with E-state index in [1.165, 1.54) is 24.3 Å². The molecule has 2 aromatic rings. The van der Waals surface area contributed by atoms with Crippen molar-refractivity contribution in [3.63, 3.8) is 0 Å². The van der Waals surface area contributed by atoms with Crippen molar-refractivity contribution in [3.05, 3.63) is 58.9 Å². The zero-order chi connectivity index (χ0) is 17.0. The average molecular weight is 347 g/mol. The molecular formula is C15H11ClF4N2O. The molecule has 0 aliphatic rings. The first kappa shape index (κ1) is 17.1. The van der Waals surface area contributed by atoms with Crippen molar-refractivity contribution in [1.82, 2.24) is 0 Å². The van der Waals surface area contributed by atoms with Gasteiger partial charge in [-0.15, -0.1) is 0 Å². The van der Waals surface area contributed by atoms with Crippen LogP contribution >= 0.6 is 11.6 Å². The third-order valence-corrected chi connectivity index (χ3v) is 3.16. The maximum atomic E-state index is 12.9. The van der Waals surface area contributed by atoms with Crippen molar-refractivity contribution >= 4 is 28.9 Å². The Morgan fingerprint density at radius 1 is 1.13 bits per heavy atom. The van der Waals surface area contributed by atoms with Gasteiger partial charge >= 0.3 is 6.18 Å². The summed E-state index contributed by atoms with van der Waals surface area (Å²) in [6.07, 6.45) is -4.49. The van der Waals surface area contributed by atoms with Gasteiger partial charge in [0.1, 0.15) is 5.82 Å². The lowest BCUT2D eigenvalue weighted by Gasteiger charge is -2.11. The molecule has 0 saturated heterocycles. The summed E-state index contributed by atoms with van der Waals surface area (Å²) in [6, 6.07) is 7.89. The Morgan fingerprint density at radius 2 is 1.87 bits per heavy atom. The molecule has 0 radical (unpaired) electrons. The van der Waals surface area contributed by atoms with E-state index in [1.807, 2.05) is 0 Å². The van der Waals surface area contributed by atoms with Crippen molar-refractivity contribution in [1.29, 1.82) is 0 Å². The normalized spacial score (nSPS) is 11.2. The van der Waals surface area contributed by atoms with Crippen LogP contribution in [-0.2, 0) is 11.0 Å². The number of halogens is 5. The Hall–Kier alpha value is -2.28. The minimum Gasteiger partial charge on any atom is -0.375 e. The molecule has 0 spiro atoms. The summed E-state index contributed by atoms with van der Waals surface area (Å²) in [5, 5.41) is 5.10. The summed E-state index contributed by atoms with van der Waals surface area (Å²) in [6.45, 7) is -0.235. The Bertz CT molecular complexity index is 719. The molecular weight excluding hydrogens is 336 g/mol. The van der Waals surface area contributed by atoms with E-state index in [0.717, 1.165) is 18.2 Å². The van der Waals surface area contributed by atoms with Crippen LogP contribution in [0.2, 0.25) is 5.02 Å². The number of hydrogen-bond acceptors (Lipinski definition) is 2. The van der Waals surface area contributed by atoms with Crippen molar-refractivity contribution in [3.8, 4) is 0 Å². The molecule has 0 aromatic heterocycles. The van der Waals surface area contributed by atoms with Gasteiger partial charge in [0.05, 0.1) is 22.8 Å². The van der Waals surface area contributed by atoms with E-state index >= 15 is 0 Å². The molecule has 0 unspecified atom stereocenters. The van der Waals surface area contributed by atoms with E-state index < -0.39 is 23.5 Å². The van der Waals surface area contributed by atoms with Crippen LogP contribution in [0.15, 0.2) is 42.5 Å².